The SMILES string of the molecule is C.C=C=C.Clc1ccc2nc(C3CCNCC3)[nH]c2c1.Nc1ccc(Cl)cc1N.O=C(O)C1CCNCC1.[B][B][B]. The number of carboxylic acid groups (broad SMARTS) is 1. The van der Waals surface area contributed by atoms with E-state index in [4.69, 9.17) is 39.8 Å². The maximum Gasteiger partial charge on any atom is 0.306 e. The third-order valence-corrected chi connectivity index (χ3v) is 6.40. The zero-order chi connectivity index (χ0) is 29.9. The lowest BCUT2D eigenvalue weighted by atomic mass is 9.40. The Morgan fingerprint density at radius 1 is 0.951 bits per heavy atom. The number of halogens is 2. The number of nitrogen functional groups attached to an aromatic ring is 2. The molecule has 2 aliphatic heterocycles. The Morgan fingerprint density at radius 2 is 1.44 bits per heavy atom. The Bertz CT molecular complexity index is 1200. The Balaban J connectivity index is 0.000000555. The lowest BCUT2D eigenvalue weighted by molar-refractivity contribution is -0.142. The number of imidazole rings is 1. The number of fused-ring (bicyclic) bond motifs is 1. The van der Waals surface area contributed by atoms with Gasteiger partial charge in [-0.15, -0.1) is 5.73 Å². The lowest BCUT2D eigenvalue weighted by Gasteiger charge is -2.20. The Hall–Kier alpha value is -2.81. The van der Waals surface area contributed by atoms with Crippen molar-refractivity contribution in [2.24, 2.45) is 5.92 Å². The van der Waals surface area contributed by atoms with E-state index in [1.165, 1.54) is 0 Å². The largest absolute Gasteiger partial charge is 0.481 e. The van der Waals surface area contributed by atoms with Gasteiger partial charge in [0.05, 0.1) is 28.3 Å². The van der Waals surface area contributed by atoms with Gasteiger partial charge in [-0.2, -0.15) is 0 Å². The van der Waals surface area contributed by atoms with E-state index < -0.39 is 5.97 Å². The van der Waals surface area contributed by atoms with Gasteiger partial charge in [-0.25, -0.2) is 4.98 Å². The highest BCUT2D eigenvalue weighted by Crippen LogP contribution is 2.26. The molecular weight excluding hydrogens is 556 g/mol. The summed E-state index contributed by atoms with van der Waals surface area (Å²) in [6, 6.07) is 10.8. The van der Waals surface area contributed by atoms with Crippen LogP contribution in [-0.2, 0) is 4.79 Å². The summed E-state index contributed by atoms with van der Waals surface area (Å²) in [5.41, 5.74) is 16.2. The standard InChI is InChI=1S/C12H14ClN3.C6H7ClN2.C6H11NO2.C3H4.CH4.B3/c13-9-1-2-10-11(7-9)16-12(15-10)8-3-5-14-6-4-8;7-4-1-2-5(8)6(9)3-4;8-6(9)5-1-3-7-4-2-5;1-3-2;;1-3-2/h1-2,7-8,14H,3-6H2,(H,15,16);1-3H,8-9H2;5,7H,1-4H2,(H,8,9);1-2H2;1H4;. The van der Waals surface area contributed by atoms with Crippen molar-refractivity contribution in [3.63, 3.8) is 0 Å². The van der Waals surface area contributed by atoms with Crippen LogP contribution >= 0.6 is 23.2 Å². The molecule has 2 saturated heterocycles. The van der Waals surface area contributed by atoms with Crippen LogP contribution in [0.2, 0.25) is 10.0 Å². The predicted molar refractivity (Wildman–Crippen MR) is 178 cm³/mol. The summed E-state index contributed by atoms with van der Waals surface area (Å²) in [4.78, 5) is 18.3. The first kappa shape index (κ1) is 38.2. The second-order valence-electron chi connectivity index (χ2n) is 8.89. The Labute approximate surface area is 257 Å². The molecule has 3 aromatic rings. The number of aliphatic carboxylic acids is 1. The molecule has 0 bridgehead atoms. The van der Waals surface area contributed by atoms with Gasteiger partial charge in [0.15, 0.2) is 0 Å². The number of nitrogens with two attached hydrogens (primary N) is 2. The third kappa shape index (κ3) is 15.1. The van der Waals surface area contributed by atoms with Crippen LogP contribution in [0.4, 0.5) is 11.4 Å². The van der Waals surface area contributed by atoms with Crippen LogP contribution in [0.25, 0.3) is 11.0 Å². The van der Waals surface area contributed by atoms with Crippen molar-refractivity contribution >= 4 is 74.1 Å². The smallest absolute Gasteiger partial charge is 0.306 e. The number of aromatic nitrogens is 2. The fourth-order valence-corrected chi connectivity index (χ4v) is 4.26. The fraction of sp³-hybridized carbons (Fsp3) is 0.393. The molecule has 8 nitrogen and oxygen atoms in total. The first-order valence-corrected chi connectivity index (χ1v) is 13.6. The Morgan fingerprint density at radius 3 is 1.90 bits per heavy atom. The molecule has 13 heteroatoms. The summed E-state index contributed by atoms with van der Waals surface area (Å²) in [5, 5.41) is 16.4. The molecule has 0 saturated carbocycles. The molecule has 1 aromatic heterocycles. The van der Waals surface area contributed by atoms with Gasteiger partial charge in [0.2, 0.25) is 0 Å². The molecule has 8 N–H and O–H groups in total. The topological polar surface area (TPSA) is 142 Å². The van der Waals surface area contributed by atoms with Gasteiger partial charge in [0.25, 0.3) is 0 Å². The third-order valence-electron chi connectivity index (χ3n) is 5.93. The Kier molecular flexibility index (Phi) is 20.4. The number of benzene rings is 2. The van der Waals surface area contributed by atoms with Crippen LogP contribution in [0.3, 0.4) is 0 Å². The molecule has 0 unspecified atom stereocenters. The normalized spacial score (nSPS) is 14.4. The maximum absolute atomic E-state index is 10.3. The van der Waals surface area contributed by atoms with Crippen molar-refractivity contribution < 1.29 is 9.90 Å². The van der Waals surface area contributed by atoms with Crippen LogP contribution in [-0.4, -0.2) is 69.8 Å². The van der Waals surface area contributed by atoms with Crippen molar-refractivity contribution in [3.8, 4) is 0 Å². The monoisotopic (exact) mass is 595 g/mol. The molecule has 41 heavy (non-hydrogen) atoms. The summed E-state index contributed by atoms with van der Waals surface area (Å²) in [6.45, 7) is 10.1. The van der Waals surface area contributed by atoms with Crippen LogP contribution in [0.5, 0.6) is 0 Å². The van der Waals surface area contributed by atoms with E-state index in [0.717, 1.165) is 80.8 Å². The van der Waals surface area contributed by atoms with Gasteiger partial charge >= 0.3 is 5.97 Å². The number of aromatic amines is 1. The lowest BCUT2D eigenvalue weighted by Crippen LogP contribution is -2.31. The minimum atomic E-state index is -0.642. The molecule has 217 valence electrons. The quantitative estimate of drug-likeness (QED) is 0.143. The molecule has 0 amide bonds. The van der Waals surface area contributed by atoms with Crippen molar-refractivity contribution in [3.05, 3.63) is 71.2 Å². The highest BCUT2D eigenvalue weighted by molar-refractivity contribution is 7.17. The first-order chi connectivity index (χ1) is 19.2. The van der Waals surface area contributed by atoms with E-state index in [1.807, 2.05) is 18.2 Å². The average Bonchev–Trinajstić information content (AvgIpc) is 3.37. The molecule has 5 radical (unpaired) electrons. The van der Waals surface area contributed by atoms with Gasteiger partial charge in [0, 0.05) is 38.5 Å². The second kappa shape index (κ2) is 21.9. The van der Waals surface area contributed by atoms with E-state index in [0.29, 0.717) is 22.3 Å². The number of hydrogen-bond donors (Lipinski definition) is 6. The van der Waals surface area contributed by atoms with Crippen molar-refractivity contribution in [2.45, 2.75) is 39.0 Å². The number of nitrogens with zero attached hydrogens (tertiary/aromatic N) is 1. The zero-order valence-corrected chi connectivity index (χ0v) is 24.1. The summed E-state index contributed by atoms with van der Waals surface area (Å²) >= 11 is 11.5. The highest BCUT2D eigenvalue weighted by Gasteiger charge is 2.19. The number of piperidine rings is 2. The second-order valence-corrected chi connectivity index (χ2v) is 9.76. The highest BCUT2D eigenvalue weighted by atomic mass is 35.5. The van der Waals surface area contributed by atoms with Crippen LogP contribution in [0.1, 0.15) is 44.9 Å². The average molecular weight is 596 g/mol. The first-order valence-electron chi connectivity index (χ1n) is 12.8. The number of rotatable bonds is 2. The van der Waals surface area contributed by atoms with E-state index in [9.17, 15) is 4.79 Å². The minimum absolute atomic E-state index is 0. The molecule has 2 aromatic carbocycles. The number of carboxylic acids is 1. The minimum Gasteiger partial charge on any atom is -0.481 e. The molecule has 2 aliphatic rings. The molecule has 0 atom stereocenters. The van der Waals surface area contributed by atoms with Crippen molar-refractivity contribution in [1.82, 2.24) is 20.6 Å². The van der Waals surface area contributed by atoms with Crippen molar-refractivity contribution in [2.75, 3.05) is 37.6 Å². The number of hydrogen-bond acceptors (Lipinski definition) is 6. The molecule has 0 spiro atoms. The summed E-state index contributed by atoms with van der Waals surface area (Å²) in [5.74, 6) is 0.939. The summed E-state index contributed by atoms with van der Waals surface area (Å²) < 4.78 is 0. The molecule has 5 rings (SSSR count). The molecular formula is C28H40B3Cl2N6O2. The maximum atomic E-state index is 10.3. The van der Waals surface area contributed by atoms with Crippen molar-refractivity contribution in [1.29, 1.82) is 0 Å². The fourth-order valence-electron chi connectivity index (χ4n) is 3.90. The van der Waals surface area contributed by atoms with Crippen LogP contribution < -0.4 is 22.1 Å². The van der Waals surface area contributed by atoms with Crippen LogP contribution in [0, 0.1) is 5.92 Å². The predicted octanol–water partition coefficient (Wildman–Crippen LogP) is 4.71. The van der Waals surface area contributed by atoms with Gasteiger partial charge in [-0.1, -0.05) is 43.8 Å². The van der Waals surface area contributed by atoms with Gasteiger partial charge in [0.1, 0.15) is 5.82 Å². The van der Waals surface area contributed by atoms with Gasteiger partial charge < -0.3 is 32.2 Å². The number of anilines is 2. The van der Waals surface area contributed by atoms with Gasteiger partial charge in [-0.05, 0) is 88.3 Å². The van der Waals surface area contributed by atoms with E-state index >= 15 is 0 Å². The van der Waals surface area contributed by atoms with E-state index in [2.05, 4.69) is 55.0 Å². The molecule has 3 heterocycles. The summed E-state index contributed by atoms with van der Waals surface area (Å²) in [6.07, 6.45) is 3.89. The van der Waals surface area contributed by atoms with E-state index in [1.54, 1.807) is 18.2 Å². The van der Waals surface area contributed by atoms with Crippen LogP contribution in [0.15, 0.2) is 55.3 Å². The number of nitrogens with one attached hydrogen (secondary N) is 3. The molecule has 2 fully saturated rings. The summed E-state index contributed by atoms with van der Waals surface area (Å²) in [7, 11) is 10.0. The zero-order valence-electron chi connectivity index (χ0n) is 22.6. The van der Waals surface area contributed by atoms with Gasteiger partial charge in [-0.3, -0.25) is 4.79 Å². The number of carbonyl (C=O) groups is 1. The van der Waals surface area contributed by atoms with E-state index in [-0.39, 0.29) is 13.3 Å². The molecule has 0 aliphatic carbocycles. The number of H-pyrrole nitrogens is 1.